The van der Waals surface area contributed by atoms with Crippen molar-refractivity contribution < 1.29 is 8.42 Å². The van der Waals surface area contributed by atoms with Gasteiger partial charge in [-0.2, -0.15) is 0 Å². The molecule has 1 fully saturated rings. The molecule has 1 aliphatic rings. The zero-order valence-electron chi connectivity index (χ0n) is 8.58. The van der Waals surface area contributed by atoms with Crippen LogP contribution in [-0.4, -0.2) is 36.9 Å². The zero-order chi connectivity index (χ0) is 10.6. The molecule has 1 heterocycles. The van der Waals surface area contributed by atoms with Crippen LogP contribution in [-0.2, 0) is 10.0 Å². The van der Waals surface area contributed by atoms with Gasteiger partial charge in [0.15, 0.2) is 0 Å². The summed E-state index contributed by atoms with van der Waals surface area (Å²) in [6.45, 7) is 3.32. The highest BCUT2D eigenvalue weighted by Crippen LogP contribution is 2.21. The minimum atomic E-state index is -2.96. The Morgan fingerprint density at radius 3 is 2.79 bits per heavy atom. The van der Waals surface area contributed by atoms with Gasteiger partial charge in [0.25, 0.3) is 0 Å². The van der Waals surface area contributed by atoms with Gasteiger partial charge in [0.2, 0.25) is 10.0 Å². The summed E-state index contributed by atoms with van der Waals surface area (Å²) in [5, 5.41) is 0.908. The van der Waals surface area contributed by atoms with Crippen molar-refractivity contribution in [3.05, 3.63) is 0 Å². The van der Waals surface area contributed by atoms with Crippen molar-refractivity contribution in [2.24, 2.45) is 5.92 Å². The second-order valence-electron chi connectivity index (χ2n) is 3.84. The van der Waals surface area contributed by atoms with Gasteiger partial charge in [0.1, 0.15) is 0 Å². The normalized spacial score (nSPS) is 25.1. The van der Waals surface area contributed by atoms with Gasteiger partial charge < -0.3 is 0 Å². The van der Waals surface area contributed by atoms with Crippen LogP contribution in [0.5, 0.6) is 0 Å². The van der Waals surface area contributed by atoms with E-state index in [2.05, 4.69) is 15.9 Å². The van der Waals surface area contributed by atoms with E-state index in [1.165, 1.54) is 0 Å². The number of alkyl halides is 1. The van der Waals surface area contributed by atoms with Crippen LogP contribution in [0.4, 0.5) is 0 Å². The first-order valence-corrected chi connectivity index (χ1v) is 7.87. The van der Waals surface area contributed by atoms with E-state index >= 15 is 0 Å². The summed E-state index contributed by atoms with van der Waals surface area (Å²) in [5.41, 5.74) is 0. The summed E-state index contributed by atoms with van der Waals surface area (Å²) in [5.74, 6) is 0.789. The van der Waals surface area contributed by atoms with Crippen LogP contribution >= 0.6 is 15.9 Å². The van der Waals surface area contributed by atoms with Gasteiger partial charge in [-0.15, -0.1) is 0 Å². The van der Waals surface area contributed by atoms with Crippen molar-refractivity contribution in [3.8, 4) is 0 Å². The van der Waals surface area contributed by atoms with E-state index in [1.807, 2.05) is 6.92 Å². The first kappa shape index (κ1) is 12.5. The molecule has 0 spiro atoms. The number of rotatable bonds is 4. The highest BCUT2D eigenvalue weighted by molar-refractivity contribution is 9.09. The summed E-state index contributed by atoms with van der Waals surface area (Å²) in [6, 6.07) is 0. The average molecular weight is 284 g/mol. The molecule has 84 valence electrons. The van der Waals surface area contributed by atoms with Gasteiger partial charge in [0, 0.05) is 18.4 Å². The van der Waals surface area contributed by atoms with Gasteiger partial charge in [-0.3, -0.25) is 0 Å². The summed E-state index contributed by atoms with van der Waals surface area (Å²) in [7, 11) is -2.96. The van der Waals surface area contributed by atoms with Gasteiger partial charge in [-0.1, -0.05) is 22.9 Å². The number of halogens is 1. The molecule has 0 aromatic heterocycles. The molecule has 1 unspecified atom stereocenters. The molecule has 0 aromatic carbocycles. The predicted octanol–water partition coefficient (Wildman–Crippen LogP) is 1.83. The van der Waals surface area contributed by atoms with E-state index in [-0.39, 0.29) is 0 Å². The number of hydrogen-bond donors (Lipinski definition) is 0. The molecule has 0 bridgehead atoms. The molecule has 0 amide bonds. The molecule has 1 atom stereocenters. The second kappa shape index (κ2) is 5.47. The Hall–Kier alpha value is 0.390. The highest BCUT2D eigenvalue weighted by atomic mass is 79.9. The Kier molecular flexibility index (Phi) is 4.87. The number of sulfonamides is 1. The smallest absolute Gasteiger partial charge is 0.212 e. The van der Waals surface area contributed by atoms with Crippen LogP contribution < -0.4 is 0 Å². The van der Waals surface area contributed by atoms with Crippen molar-refractivity contribution in [2.45, 2.75) is 26.2 Å². The molecule has 0 aliphatic carbocycles. The summed E-state index contributed by atoms with van der Waals surface area (Å²) >= 11 is 3.42. The van der Waals surface area contributed by atoms with Gasteiger partial charge >= 0.3 is 0 Å². The predicted molar refractivity (Wildman–Crippen MR) is 62.2 cm³/mol. The van der Waals surface area contributed by atoms with Crippen molar-refractivity contribution in [2.75, 3.05) is 24.2 Å². The van der Waals surface area contributed by atoms with Crippen LogP contribution in [0.3, 0.4) is 0 Å². The molecule has 0 aromatic rings. The third-order valence-corrected chi connectivity index (χ3v) is 5.51. The largest absolute Gasteiger partial charge is 0.214 e. The lowest BCUT2D eigenvalue weighted by Crippen LogP contribution is -2.41. The Balaban J connectivity index is 2.59. The van der Waals surface area contributed by atoms with Crippen LogP contribution in [0.15, 0.2) is 0 Å². The number of piperidine rings is 1. The Bertz CT molecular complexity index is 266. The molecule has 0 saturated carbocycles. The Morgan fingerprint density at radius 1 is 1.50 bits per heavy atom. The maximum Gasteiger partial charge on any atom is 0.214 e. The lowest BCUT2D eigenvalue weighted by molar-refractivity contribution is 0.285. The molecule has 1 aliphatic heterocycles. The van der Waals surface area contributed by atoms with E-state index in [1.54, 1.807) is 4.31 Å². The summed E-state index contributed by atoms with van der Waals surface area (Å²) in [4.78, 5) is 0. The molecule has 3 nitrogen and oxygen atoms in total. The lowest BCUT2D eigenvalue weighted by Gasteiger charge is -2.30. The second-order valence-corrected chi connectivity index (χ2v) is 6.57. The molecule has 5 heteroatoms. The maximum atomic E-state index is 11.8. The quantitative estimate of drug-likeness (QED) is 0.739. The van der Waals surface area contributed by atoms with Crippen LogP contribution in [0.1, 0.15) is 26.2 Å². The van der Waals surface area contributed by atoms with Gasteiger partial charge in [-0.05, 0) is 25.2 Å². The first-order valence-electron chi connectivity index (χ1n) is 5.14. The molecule has 0 N–H and O–H groups in total. The maximum absolute atomic E-state index is 11.8. The summed E-state index contributed by atoms with van der Waals surface area (Å²) in [6.07, 6.45) is 2.85. The molecule has 0 radical (unpaired) electrons. The molecular weight excluding hydrogens is 266 g/mol. The molecule has 1 saturated heterocycles. The standard InChI is InChI=1S/C9H18BrNO2S/c1-2-6-14(12,13)11-5-3-4-9(7-10)8-11/h9H,2-8H2,1H3. The molecule has 14 heavy (non-hydrogen) atoms. The third-order valence-electron chi connectivity index (χ3n) is 2.56. The van der Waals surface area contributed by atoms with Crippen molar-refractivity contribution in [1.82, 2.24) is 4.31 Å². The average Bonchev–Trinajstić information content (AvgIpc) is 2.18. The van der Waals surface area contributed by atoms with Crippen LogP contribution in [0, 0.1) is 5.92 Å². The first-order chi connectivity index (χ1) is 6.60. The fourth-order valence-corrected chi connectivity index (χ4v) is 3.94. The Morgan fingerprint density at radius 2 is 2.21 bits per heavy atom. The van der Waals surface area contributed by atoms with E-state index in [0.717, 1.165) is 18.2 Å². The monoisotopic (exact) mass is 283 g/mol. The topological polar surface area (TPSA) is 37.4 Å². The minimum Gasteiger partial charge on any atom is -0.212 e. The fraction of sp³-hybridized carbons (Fsp3) is 1.00. The van der Waals surface area contributed by atoms with E-state index in [9.17, 15) is 8.42 Å². The van der Waals surface area contributed by atoms with Crippen LogP contribution in [0.2, 0.25) is 0 Å². The minimum absolute atomic E-state index is 0.294. The fourth-order valence-electron chi connectivity index (χ4n) is 1.79. The van der Waals surface area contributed by atoms with E-state index < -0.39 is 10.0 Å². The molecule has 1 rings (SSSR count). The van der Waals surface area contributed by atoms with Crippen molar-refractivity contribution in [1.29, 1.82) is 0 Å². The number of hydrogen-bond acceptors (Lipinski definition) is 2. The lowest BCUT2D eigenvalue weighted by atomic mass is 10.0. The highest BCUT2D eigenvalue weighted by Gasteiger charge is 2.27. The van der Waals surface area contributed by atoms with E-state index in [4.69, 9.17) is 0 Å². The SMILES string of the molecule is CCCS(=O)(=O)N1CCCC(CBr)C1. The summed E-state index contributed by atoms with van der Waals surface area (Å²) < 4.78 is 25.2. The third kappa shape index (κ3) is 3.21. The number of nitrogens with zero attached hydrogens (tertiary/aromatic N) is 1. The van der Waals surface area contributed by atoms with Crippen molar-refractivity contribution in [3.63, 3.8) is 0 Å². The van der Waals surface area contributed by atoms with Crippen molar-refractivity contribution >= 4 is 26.0 Å². The Labute approximate surface area is 95.0 Å². The van der Waals surface area contributed by atoms with Gasteiger partial charge in [0.05, 0.1) is 5.75 Å². The van der Waals surface area contributed by atoms with Crippen LogP contribution in [0.25, 0.3) is 0 Å². The van der Waals surface area contributed by atoms with E-state index in [0.29, 0.717) is 31.2 Å². The molecular formula is C9H18BrNO2S. The zero-order valence-corrected chi connectivity index (χ0v) is 11.0. The van der Waals surface area contributed by atoms with Gasteiger partial charge in [-0.25, -0.2) is 12.7 Å².